The highest BCUT2D eigenvalue weighted by Crippen LogP contribution is 2.37. The topological polar surface area (TPSA) is 244 Å². The van der Waals surface area contributed by atoms with Gasteiger partial charge in [-0.1, -0.05) is 0 Å². The molecule has 0 bridgehead atoms. The van der Waals surface area contributed by atoms with Gasteiger partial charge in [0.05, 0.1) is 0 Å². The summed E-state index contributed by atoms with van der Waals surface area (Å²) in [6.45, 7) is 95.3. The van der Waals surface area contributed by atoms with E-state index in [0.717, 1.165) is 0 Å². The SMILES string of the molecule is C[Si](C)(C)O[Si](C)(C)O[Si](C)(C)O[Si](C)(C)O[Si](C)(C)O[Si](C)(C)O[Si](C)(C)O[Si](C)(C)O[Si](C)(C)O[Si](C)(C)O[Si](C)(C)O[Si](C)(C)O[Si](C)(C)O[Si](C)(C)O[Si](C)(C)O[Si](C)(C)O[Si](C)(C)O[Si](C)(C)O[Si](C)(C)O[Si](C)(C)O[Si](C)(CCCO)O[Si](C)(CCCO)O[Si](C)(C)C. The van der Waals surface area contributed by atoms with Gasteiger partial charge >= 0.3 is 180 Å². The van der Waals surface area contributed by atoms with Gasteiger partial charge in [-0.05, 0) is 326 Å². The maximum Gasteiger partial charge on any atom is 0.317 e. The third-order valence-electron chi connectivity index (χ3n) is 12.4. The summed E-state index contributed by atoms with van der Waals surface area (Å²) in [4.78, 5) is 0. The van der Waals surface area contributed by atoms with E-state index in [0.29, 0.717) is 24.9 Å². The molecule has 0 aliphatic carbocycles. The number of aliphatic hydroxyl groups is 2. The minimum absolute atomic E-state index is 0.0219. The highest BCUT2D eigenvalue weighted by atomic mass is 28.6. The van der Waals surface area contributed by atoms with E-state index < -0.39 is 196 Å². The van der Waals surface area contributed by atoms with Crippen LogP contribution in [-0.4, -0.2) is 220 Å². The molecule has 0 saturated carbocycles. The molecular formula is C52H152O24Si23. The summed E-state index contributed by atoms with van der Waals surface area (Å²) in [6.07, 6.45) is 1.12. The Morgan fingerprint density at radius 3 is 0.374 bits per heavy atom. The fourth-order valence-corrected chi connectivity index (χ4v) is 133. The van der Waals surface area contributed by atoms with Gasteiger partial charge in [0.2, 0.25) is 0 Å². The smallest absolute Gasteiger partial charge is 0.317 e. The van der Waals surface area contributed by atoms with Crippen LogP contribution in [0.15, 0.2) is 0 Å². The molecule has 47 heteroatoms. The van der Waals surface area contributed by atoms with Gasteiger partial charge in [-0.15, -0.1) is 0 Å². The predicted octanol–water partition coefficient (Wildman–Crippen LogP) is 17.3. The van der Waals surface area contributed by atoms with Crippen molar-refractivity contribution in [3.05, 3.63) is 0 Å². The fraction of sp³-hybridized carbons (Fsp3) is 1.00. The Morgan fingerprint density at radius 1 is 0.141 bits per heavy atom. The van der Waals surface area contributed by atoms with Crippen LogP contribution in [0, 0.1) is 0 Å². The van der Waals surface area contributed by atoms with E-state index in [-0.39, 0.29) is 13.2 Å². The first-order valence-electron chi connectivity index (χ1n) is 35.3. The average Bonchev–Trinajstić information content (AvgIpc) is 0.808. The van der Waals surface area contributed by atoms with Crippen molar-refractivity contribution in [1.82, 2.24) is 0 Å². The maximum absolute atomic E-state index is 9.95. The molecule has 0 fully saturated rings. The van der Waals surface area contributed by atoms with Crippen molar-refractivity contribution >= 4 is 196 Å². The van der Waals surface area contributed by atoms with Gasteiger partial charge in [0.1, 0.15) is 0 Å². The minimum atomic E-state index is -2.98. The van der Waals surface area contributed by atoms with Crippen molar-refractivity contribution < 1.29 is 101 Å². The van der Waals surface area contributed by atoms with Gasteiger partial charge in [-0.2, -0.15) is 0 Å². The maximum atomic E-state index is 9.95. The second kappa shape index (κ2) is 36.0. The molecule has 596 valence electrons. The minimum Gasteiger partial charge on any atom is -0.437 e. The highest BCUT2D eigenvalue weighted by Gasteiger charge is 2.56. The van der Waals surface area contributed by atoms with Crippen molar-refractivity contribution in [3.8, 4) is 0 Å². The Labute approximate surface area is 631 Å². The first-order chi connectivity index (χ1) is 42.7. The van der Waals surface area contributed by atoms with E-state index in [2.05, 4.69) is 183 Å². The van der Waals surface area contributed by atoms with Crippen LogP contribution in [0.1, 0.15) is 12.8 Å². The lowest BCUT2D eigenvalue weighted by molar-refractivity contribution is 0.243. The van der Waals surface area contributed by atoms with Crippen molar-refractivity contribution in [3.63, 3.8) is 0 Å². The van der Waals surface area contributed by atoms with E-state index >= 15 is 0 Å². The van der Waals surface area contributed by atoms with Crippen LogP contribution in [-0.2, 0) is 90.5 Å². The largest absolute Gasteiger partial charge is 0.437 e. The Hall–Kier alpha value is 4.03. The lowest BCUT2D eigenvalue weighted by Crippen LogP contribution is -2.63. The van der Waals surface area contributed by atoms with Crippen LogP contribution in [0.2, 0.25) is 313 Å². The normalized spacial score (nSPS) is 17.0. The van der Waals surface area contributed by atoms with Gasteiger partial charge in [0, 0.05) is 13.2 Å². The fourth-order valence-electron chi connectivity index (χ4n) is 14.5. The molecule has 0 rings (SSSR count). The summed E-state index contributed by atoms with van der Waals surface area (Å²) >= 11 is 0. The molecule has 0 aliphatic heterocycles. The quantitative estimate of drug-likeness (QED) is 0.0538. The molecule has 2 unspecified atom stereocenters. The standard InChI is InChI=1S/C52H152O24Si23/c1-77(2,3)55-79(7,8)57-80(9,10)58-81(11,12)59-82(13,14)60-83(15,16)61-84(17,18)62-85(19,20)63-86(21,22)64-87(23,24)65-88(25,26)66-89(27,28)67-90(29,30)68-91(31,32)69-92(33,34)70-93(35,36)71-94(37,38)72-95(39,40)73-96(41,42)74-97(43,44)75-99(46,52-48-50-54)76-98(45,51-47-49-53)56-78(4,5)6/h53-54H,47-52H2,1-46H3. The summed E-state index contributed by atoms with van der Waals surface area (Å²) in [5.41, 5.74) is 0. The third-order valence-corrected chi connectivity index (χ3v) is 101. The van der Waals surface area contributed by atoms with Crippen molar-refractivity contribution in [1.29, 1.82) is 0 Å². The van der Waals surface area contributed by atoms with E-state index in [9.17, 15) is 10.2 Å². The molecule has 0 aromatic carbocycles. The molecule has 0 saturated heterocycles. The molecule has 0 aliphatic rings. The van der Waals surface area contributed by atoms with Crippen LogP contribution in [0.5, 0.6) is 0 Å². The third kappa shape index (κ3) is 47.9. The second-order valence-corrected chi connectivity index (χ2v) is 122. The van der Waals surface area contributed by atoms with E-state index in [1.54, 1.807) is 0 Å². The van der Waals surface area contributed by atoms with E-state index in [4.69, 9.17) is 90.5 Å². The molecule has 0 aromatic rings. The highest BCUT2D eigenvalue weighted by molar-refractivity contribution is 6.97. The van der Waals surface area contributed by atoms with E-state index in [1.807, 2.05) is 118 Å². The molecule has 0 spiro atoms. The van der Waals surface area contributed by atoms with Crippen molar-refractivity contribution in [2.24, 2.45) is 0 Å². The van der Waals surface area contributed by atoms with Crippen LogP contribution < -0.4 is 0 Å². The summed E-state index contributed by atoms with van der Waals surface area (Å²) in [6, 6.07) is 1.23. The zero-order chi connectivity index (χ0) is 79.3. The number of rotatable bonds is 50. The molecular weight excluding hydrogens is 1650 g/mol. The average molecular weight is 1810 g/mol. The Morgan fingerprint density at radius 2 is 0.253 bits per heavy atom. The summed E-state index contributed by atoms with van der Waals surface area (Å²) in [7, 11) is -63.6. The molecule has 0 aromatic heterocycles. The number of hydrogen-bond donors (Lipinski definition) is 2. The van der Waals surface area contributed by atoms with Gasteiger partial charge in [0.15, 0.2) is 16.6 Å². The predicted molar refractivity (Wildman–Crippen MR) is 459 cm³/mol. The van der Waals surface area contributed by atoms with Gasteiger partial charge in [-0.25, -0.2) is 0 Å². The molecule has 0 radical (unpaired) electrons. The van der Waals surface area contributed by atoms with Crippen LogP contribution in [0.4, 0.5) is 0 Å². The Balaban J connectivity index is 6.00. The molecule has 24 nitrogen and oxygen atoms in total. The zero-order valence-electron chi connectivity index (χ0n) is 71.6. The molecule has 2 N–H and O–H groups in total. The van der Waals surface area contributed by atoms with Crippen molar-refractivity contribution in [2.75, 3.05) is 13.2 Å². The number of hydrogen-bond acceptors (Lipinski definition) is 24. The van der Waals surface area contributed by atoms with Crippen LogP contribution >= 0.6 is 0 Å². The van der Waals surface area contributed by atoms with Gasteiger partial charge < -0.3 is 101 Å². The first kappa shape index (κ1) is 103. The van der Waals surface area contributed by atoms with Crippen LogP contribution in [0.3, 0.4) is 0 Å². The Kier molecular flexibility index (Phi) is 37.5. The Bertz CT molecular complexity index is 2500. The summed E-state index contributed by atoms with van der Waals surface area (Å²) in [5.74, 6) is 0. The van der Waals surface area contributed by atoms with Crippen LogP contribution in [0.25, 0.3) is 0 Å². The molecule has 2 atom stereocenters. The van der Waals surface area contributed by atoms with Gasteiger partial charge in [0.25, 0.3) is 0 Å². The lowest BCUT2D eigenvalue weighted by atomic mass is 10.5. The summed E-state index contributed by atoms with van der Waals surface area (Å²) in [5, 5.41) is 19.7. The van der Waals surface area contributed by atoms with E-state index in [1.165, 1.54) is 0 Å². The monoisotopic (exact) mass is 1800 g/mol. The zero-order valence-corrected chi connectivity index (χ0v) is 94.6. The van der Waals surface area contributed by atoms with Crippen molar-refractivity contribution in [2.45, 2.75) is 326 Å². The number of aliphatic hydroxyl groups excluding tert-OH is 2. The molecule has 0 heterocycles. The molecule has 0 amide bonds. The lowest BCUT2D eigenvalue weighted by Gasteiger charge is -2.46. The van der Waals surface area contributed by atoms with Gasteiger partial charge in [-0.3, -0.25) is 0 Å². The molecule has 99 heavy (non-hydrogen) atoms. The summed E-state index contributed by atoms with van der Waals surface area (Å²) < 4.78 is 152. The second-order valence-electron chi connectivity index (χ2n) is 37.0. The first-order valence-corrected chi connectivity index (χ1v) is 101.